The molecule has 0 spiro atoms. The number of fused-ring (bicyclic) bond motifs is 1. The Labute approximate surface area is 106 Å². The fourth-order valence-corrected chi connectivity index (χ4v) is 1.84. The van der Waals surface area contributed by atoms with Crippen LogP contribution in [0.15, 0.2) is 18.2 Å². The molecule has 98 valence electrons. The molecule has 1 amide bonds. The molecule has 0 radical (unpaired) electrons. The summed E-state index contributed by atoms with van der Waals surface area (Å²) < 4.78 is 5.29. The molecule has 1 unspecified atom stereocenters. The molecule has 2 rings (SSSR count). The van der Waals surface area contributed by atoms with Crippen LogP contribution in [0.1, 0.15) is 18.9 Å². The second-order valence-corrected chi connectivity index (χ2v) is 4.34. The standard InChI is InChI=1S/C13H18N2O3/c1-2-10(7-16)14-6-9-3-4-12-11(5-9)15-13(17)8-18-12/h3-5,10,14,16H,2,6-8H2,1H3,(H,15,17). The molecule has 0 aliphatic carbocycles. The van der Waals surface area contributed by atoms with Crippen molar-refractivity contribution in [1.29, 1.82) is 0 Å². The molecule has 0 fully saturated rings. The van der Waals surface area contributed by atoms with Gasteiger partial charge >= 0.3 is 0 Å². The highest BCUT2D eigenvalue weighted by Crippen LogP contribution is 2.28. The molecule has 1 aromatic rings. The van der Waals surface area contributed by atoms with Gasteiger partial charge in [0, 0.05) is 12.6 Å². The third-order valence-corrected chi connectivity index (χ3v) is 2.98. The monoisotopic (exact) mass is 250 g/mol. The molecule has 1 aromatic carbocycles. The summed E-state index contributed by atoms with van der Waals surface area (Å²) in [5, 5.41) is 15.1. The average Bonchev–Trinajstić information content (AvgIpc) is 2.39. The van der Waals surface area contributed by atoms with Gasteiger partial charge in [-0.25, -0.2) is 0 Å². The van der Waals surface area contributed by atoms with E-state index in [1.165, 1.54) is 0 Å². The lowest BCUT2D eigenvalue weighted by Gasteiger charge is -2.19. The maximum Gasteiger partial charge on any atom is 0.262 e. The van der Waals surface area contributed by atoms with Gasteiger partial charge in [0.2, 0.25) is 0 Å². The van der Waals surface area contributed by atoms with E-state index in [-0.39, 0.29) is 25.2 Å². The Bertz CT molecular complexity index is 430. The molecule has 5 nitrogen and oxygen atoms in total. The summed E-state index contributed by atoms with van der Waals surface area (Å²) in [4.78, 5) is 11.2. The van der Waals surface area contributed by atoms with Gasteiger partial charge in [0.25, 0.3) is 5.91 Å². The van der Waals surface area contributed by atoms with E-state index in [0.717, 1.165) is 12.0 Å². The van der Waals surface area contributed by atoms with Crippen molar-refractivity contribution in [3.05, 3.63) is 23.8 Å². The molecular formula is C13H18N2O3. The SMILES string of the molecule is CCC(CO)NCc1ccc2c(c1)NC(=O)CO2. The minimum absolute atomic E-state index is 0.0764. The Morgan fingerprint density at radius 2 is 2.39 bits per heavy atom. The number of nitrogens with one attached hydrogen (secondary N) is 2. The van der Waals surface area contributed by atoms with E-state index in [1.54, 1.807) is 0 Å². The summed E-state index contributed by atoms with van der Waals surface area (Å²) >= 11 is 0. The van der Waals surface area contributed by atoms with E-state index < -0.39 is 0 Å². The van der Waals surface area contributed by atoms with E-state index in [2.05, 4.69) is 10.6 Å². The fourth-order valence-electron chi connectivity index (χ4n) is 1.84. The van der Waals surface area contributed by atoms with Crippen molar-refractivity contribution in [2.45, 2.75) is 25.9 Å². The fraction of sp³-hybridized carbons (Fsp3) is 0.462. The van der Waals surface area contributed by atoms with Gasteiger partial charge in [-0.15, -0.1) is 0 Å². The second-order valence-electron chi connectivity index (χ2n) is 4.34. The molecule has 1 aliphatic rings. The van der Waals surface area contributed by atoms with Crippen LogP contribution in [0.5, 0.6) is 5.75 Å². The molecule has 1 aliphatic heterocycles. The van der Waals surface area contributed by atoms with E-state index in [4.69, 9.17) is 9.84 Å². The Kier molecular flexibility index (Phi) is 4.17. The van der Waals surface area contributed by atoms with Gasteiger partial charge in [0.15, 0.2) is 6.61 Å². The van der Waals surface area contributed by atoms with Crippen molar-refractivity contribution in [2.24, 2.45) is 0 Å². The van der Waals surface area contributed by atoms with Crippen LogP contribution in [0.3, 0.4) is 0 Å². The van der Waals surface area contributed by atoms with E-state index in [9.17, 15) is 4.79 Å². The van der Waals surface area contributed by atoms with Crippen LogP contribution in [0, 0.1) is 0 Å². The highest BCUT2D eigenvalue weighted by molar-refractivity contribution is 5.95. The number of aliphatic hydroxyl groups is 1. The van der Waals surface area contributed by atoms with Gasteiger partial charge in [-0.05, 0) is 24.1 Å². The van der Waals surface area contributed by atoms with E-state index in [1.807, 2.05) is 25.1 Å². The van der Waals surface area contributed by atoms with Crippen molar-refractivity contribution in [3.8, 4) is 5.75 Å². The number of aliphatic hydroxyl groups excluding tert-OH is 1. The zero-order valence-corrected chi connectivity index (χ0v) is 10.4. The van der Waals surface area contributed by atoms with Crippen LogP contribution in [0.4, 0.5) is 5.69 Å². The molecular weight excluding hydrogens is 232 g/mol. The Morgan fingerprint density at radius 3 is 3.11 bits per heavy atom. The zero-order valence-electron chi connectivity index (χ0n) is 10.4. The number of amides is 1. The predicted octanol–water partition coefficient (Wildman–Crippen LogP) is 0.878. The summed E-state index contributed by atoms with van der Waals surface area (Å²) in [6.07, 6.45) is 0.876. The number of anilines is 1. The maximum absolute atomic E-state index is 11.2. The Morgan fingerprint density at radius 1 is 1.56 bits per heavy atom. The molecule has 1 heterocycles. The number of carbonyl (C=O) groups excluding carboxylic acids is 1. The van der Waals surface area contributed by atoms with Gasteiger partial charge in [-0.3, -0.25) is 4.79 Å². The number of benzene rings is 1. The third-order valence-electron chi connectivity index (χ3n) is 2.98. The molecule has 18 heavy (non-hydrogen) atoms. The highest BCUT2D eigenvalue weighted by Gasteiger charge is 2.15. The van der Waals surface area contributed by atoms with Gasteiger partial charge in [0.05, 0.1) is 12.3 Å². The molecule has 0 bridgehead atoms. The van der Waals surface area contributed by atoms with Crippen molar-refractivity contribution in [3.63, 3.8) is 0 Å². The van der Waals surface area contributed by atoms with Crippen LogP contribution in [-0.4, -0.2) is 30.3 Å². The molecule has 5 heteroatoms. The minimum Gasteiger partial charge on any atom is -0.482 e. The number of hydrogen-bond acceptors (Lipinski definition) is 4. The lowest BCUT2D eigenvalue weighted by molar-refractivity contribution is -0.118. The summed E-state index contributed by atoms with van der Waals surface area (Å²) in [5.74, 6) is 0.571. The zero-order chi connectivity index (χ0) is 13.0. The second kappa shape index (κ2) is 5.84. The van der Waals surface area contributed by atoms with E-state index >= 15 is 0 Å². The molecule has 0 saturated heterocycles. The van der Waals surface area contributed by atoms with Crippen molar-refractivity contribution < 1.29 is 14.6 Å². The molecule has 3 N–H and O–H groups in total. The van der Waals surface area contributed by atoms with Gasteiger partial charge in [0.1, 0.15) is 5.75 Å². The Balaban J connectivity index is 2.02. The first-order chi connectivity index (χ1) is 8.72. The van der Waals surface area contributed by atoms with Crippen LogP contribution in [0.2, 0.25) is 0 Å². The first kappa shape index (κ1) is 12.9. The number of ether oxygens (including phenoxy) is 1. The van der Waals surface area contributed by atoms with Crippen molar-refractivity contribution >= 4 is 11.6 Å². The molecule has 1 atom stereocenters. The lowest BCUT2D eigenvalue weighted by atomic mass is 10.1. The normalized spacial score (nSPS) is 15.6. The molecule has 0 aromatic heterocycles. The van der Waals surface area contributed by atoms with Crippen LogP contribution < -0.4 is 15.4 Å². The van der Waals surface area contributed by atoms with Crippen molar-refractivity contribution in [1.82, 2.24) is 5.32 Å². The number of rotatable bonds is 5. The molecule has 0 saturated carbocycles. The van der Waals surface area contributed by atoms with Gasteiger partial charge in [-0.1, -0.05) is 13.0 Å². The summed E-state index contributed by atoms with van der Waals surface area (Å²) in [6, 6.07) is 5.80. The van der Waals surface area contributed by atoms with Gasteiger partial charge < -0.3 is 20.5 Å². The lowest BCUT2D eigenvalue weighted by Crippen LogP contribution is -2.31. The van der Waals surface area contributed by atoms with Crippen molar-refractivity contribution in [2.75, 3.05) is 18.5 Å². The largest absolute Gasteiger partial charge is 0.482 e. The number of hydrogen-bond donors (Lipinski definition) is 3. The van der Waals surface area contributed by atoms with Crippen LogP contribution in [0.25, 0.3) is 0 Å². The smallest absolute Gasteiger partial charge is 0.262 e. The quantitative estimate of drug-likeness (QED) is 0.725. The summed E-state index contributed by atoms with van der Waals surface area (Å²) in [7, 11) is 0. The number of carbonyl (C=O) groups is 1. The summed E-state index contributed by atoms with van der Waals surface area (Å²) in [6.45, 7) is 2.88. The van der Waals surface area contributed by atoms with E-state index in [0.29, 0.717) is 18.0 Å². The first-order valence-corrected chi connectivity index (χ1v) is 6.12. The van der Waals surface area contributed by atoms with Gasteiger partial charge in [-0.2, -0.15) is 0 Å². The predicted molar refractivity (Wildman–Crippen MR) is 68.6 cm³/mol. The first-order valence-electron chi connectivity index (χ1n) is 6.12. The average molecular weight is 250 g/mol. The highest BCUT2D eigenvalue weighted by atomic mass is 16.5. The Hall–Kier alpha value is -1.59. The summed E-state index contributed by atoms with van der Waals surface area (Å²) in [5.41, 5.74) is 1.76. The topological polar surface area (TPSA) is 70.6 Å². The van der Waals surface area contributed by atoms with Crippen LogP contribution >= 0.6 is 0 Å². The third kappa shape index (κ3) is 3.00. The van der Waals surface area contributed by atoms with Crippen LogP contribution in [-0.2, 0) is 11.3 Å². The maximum atomic E-state index is 11.2. The minimum atomic E-state index is -0.130.